The third kappa shape index (κ3) is 4.58. The fourth-order valence-corrected chi connectivity index (χ4v) is 3.72. The fourth-order valence-electron chi connectivity index (χ4n) is 2.62. The van der Waals surface area contributed by atoms with E-state index in [9.17, 15) is 4.79 Å². The number of carbonyl (C=O) groups is 1. The molecule has 1 saturated heterocycles. The van der Waals surface area contributed by atoms with Crippen molar-refractivity contribution in [2.75, 3.05) is 38.6 Å². The molecular weight excluding hydrogens is 318 g/mol. The Morgan fingerprint density at radius 1 is 1.43 bits per heavy atom. The Morgan fingerprint density at radius 2 is 2.17 bits per heavy atom. The molecule has 1 atom stereocenters. The van der Waals surface area contributed by atoms with Crippen LogP contribution in [0, 0.1) is 5.92 Å². The van der Waals surface area contributed by atoms with E-state index in [-0.39, 0.29) is 0 Å². The zero-order valence-corrected chi connectivity index (χ0v) is 14.1. The largest absolute Gasteiger partial charge is 0.465 e. The summed E-state index contributed by atoms with van der Waals surface area (Å²) in [6.45, 7) is 3.55. The lowest BCUT2D eigenvalue weighted by Crippen LogP contribution is -2.43. The van der Waals surface area contributed by atoms with Gasteiger partial charge in [-0.05, 0) is 18.8 Å². The normalized spacial score (nSPS) is 20.4. The van der Waals surface area contributed by atoms with E-state index in [0.717, 1.165) is 29.9 Å². The lowest BCUT2D eigenvalue weighted by atomic mass is 10.2. The van der Waals surface area contributed by atoms with Crippen molar-refractivity contribution in [1.82, 2.24) is 25.0 Å². The Labute approximate surface area is 139 Å². The number of nitrogens with zero attached hydrogens (tertiary/aromatic N) is 4. The molecule has 1 amide bonds. The molecule has 1 aliphatic heterocycles. The van der Waals surface area contributed by atoms with Gasteiger partial charge in [0, 0.05) is 32.4 Å². The summed E-state index contributed by atoms with van der Waals surface area (Å²) < 4.78 is 7.25. The van der Waals surface area contributed by atoms with Crippen LogP contribution < -0.4 is 5.32 Å². The first-order chi connectivity index (χ1) is 11.1. The van der Waals surface area contributed by atoms with Crippen molar-refractivity contribution in [1.29, 1.82) is 0 Å². The van der Waals surface area contributed by atoms with Crippen molar-refractivity contribution in [3.05, 3.63) is 5.82 Å². The molecule has 2 N–H and O–H groups in total. The first-order valence-corrected chi connectivity index (χ1v) is 8.93. The molecule has 0 unspecified atom stereocenters. The molecule has 1 aromatic heterocycles. The molecule has 0 aromatic carbocycles. The van der Waals surface area contributed by atoms with Gasteiger partial charge in [0.25, 0.3) is 0 Å². The third-order valence-corrected chi connectivity index (χ3v) is 5.42. The van der Waals surface area contributed by atoms with E-state index in [1.54, 1.807) is 11.8 Å². The van der Waals surface area contributed by atoms with E-state index in [0.29, 0.717) is 25.6 Å². The third-order valence-electron chi connectivity index (χ3n) is 4.17. The highest BCUT2D eigenvalue weighted by atomic mass is 32.2. The molecule has 8 nitrogen and oxygen atoms in total. The molecule has 9 heteroatoms. The number of ether oxygens (including phenoxy) is 1. The summed E-state index contributed by atoms with van der Waals surface area (Å²) in [6, 6.07) is -0.390. The van der Waals surface area contributed by atoms with Crippen molar-refractivity contribution in [3.8, 4) is 0 Å². The molecule has 2 aliphatic rings. The standard InChI is InChI=1S/C14H23N5O3S/c1-18-12(16-17-13(18)23-9-10-2-3-10)11(15-14(20)21)8-19-4-6-22-7-5-19/h10-11,15H,2-9H2,1H3,(H,20,21)/t11-/m0/s1. The van der Waals surface area contributed by atoms with E-state index in [1.807, 2.05) is 11.6 Å². The van der Waals surface area contributed by atoms with Crippen LogP contribution in [-0.4, -0.2) is 69.5 Å². The predicted molar refractivity (Wildman–Crippen MR) is 85.6 cm³/mol. The molecule has 128 valence electrons. The van der Waals surface area contributed by atoms with Gasteiger partial charge >= 0.3 is 6.09 Å². The van der Waals surface area contributed by atoms with E-state index in [2.05, 4.69) is 20.4 Å². The second-order valence-electron chi connectivity index (χ2n) is 6.07. The Bertz CT molecular complexity index is 543. The topological polar surface area (TPSA) is 92.5 Å². The first-order valence-electron chi connectivity index (χ1n) is 7.95. The van der Waals surface area contributed by atoms with Gasteiger partial charge in [-0.2, -0.15) is 0 Å². The van der Waals surface area contributed by atoms with E-state index >= 15 is 0 Å². The highest BCUT2D eigenvalue weighted by Crippen LogP contribution is 2.34. The maximum Gasteiger partial charge on any atom is 0.405 e. The minimum Gasteiger partial charge on any atom is -0.465 e. The van der Waals surface area contributed by atoms with Crippen molar-refractivity contribution >= 4 is 17.9 Å². The number of nitrogens with one attached hydrogen (secondary N) is 1. The Balaban J connectivity index is 1.68. The van der Waals surface area contributed by atoms with Gasteiger partial charge in [-0.3, -0.25) is 4.90 Å². The molecule has 1 aliphatic carbocycles. The predicted octanol–water partition coefficient (Wildman–Crippen LogP) is 0.958. The average molecular weight is 341 g/mol. The van der Waals surface area contributed by atoms with Gasteiger partial charge in [-0.25, -0.2) is 4.79 Å². The van der Waals surface area contributed by atoms with Gasteiger partial charge in [-0.15, -0.1) is 10.2 Å². The van der Waals surface area contributed by atoms with E-state index < -0.39 is 12.1 Å². The molecule has 0 spiro atoms. The van der Waals surface area contributed by atoms with Crippen molar-refractivity contribution in [2.45, 2.75) is 24.0 Å². The number of amides is 1. The summed E-state index contributed by atoms with van der Waals surface area (Å²) in [6.07, 6.45) is 1.56. The second-order valence-corrected chi connectivity index (χ2v) is 7.06. The summed E-state index contributed by atoms with van der Waals surface area (Å²) >= 11 is 1.70. The summed E-state index contributed by atoms with van der Waals surface area (Å²) in [5.74, 6) is 2.53. The number of morpholine rings is 1. The zero-order chi connectivity index (χ0) is 16.2. The molecule has 0 radical (unpaired) electrons. The number of hydrogen-bond donors (Lipinski definition) is 2. The molecule has 0 bridgehead atoms. The average Bonchev–Trinajstić information content (AvgIpc) is 3.28. The monoisotopic (exact) mass is 341 g/mol. The Kier molecular flexibility index (Phi) is 5.39. The Morgan fingerprint density at radius 3 is 2.83 bits per heavy atom. The van der Waals surface area contributed by atoms with E-state index in [1.165, 1.54) is 12.8 Å². The first kappa shape index (κ1) is 16.5. The van der Waals surface area contributed by atoms with Crippen LogP contribution in [0.3, 0.4) is 0 Å². The SMILES string of the molecule is Cn1c(SCC2CC2)nnc1[C@H](CN1CCOCC1)NC(=O)O. The second kappa shape index (κ2) is 7.50. The molecular formula is C14H23N5O3S. The molecule has 3 rings (SSSR count). The molecule has 2 fully saturated rings. The fraction of sp³-hybridized carbons (Fsp3) is 0.786. The van der Waals surface area contributed by atoms with Gasteiger partial charge in [0.05, 0.1) is 13.2 Å². The summed E-state index contributed by atoms with van der Waals surface area (Å²) in [4.78, 5) is 13.3. The number of thioether (sulfide) groups is 1. The van der Waals surface area contributed by atoms with Crippen LogP contribution in [0.5, 0.6) is 0 Å². The maximum absolute atomic E-state index is 11.1. The van der Waals surface area contributed by atoms with Gasteiger partial charge in [0.1, 0.15) is 6.04 Å². The van der Waals surface area contributed by atoms with Crippen LogP contribution >= 0.6 is 11.8 Å². The maximum atomic E-state index is 11.1. The zero-order valence-electron chi connectivity index (χ0n) is 13.3. The lowest BCUT2D eigenvalue weighted by Gasteiger charge is -2.29. The molecule has 23 heavy (non-hydrogen) atoms. The number of hydrogen-bond acceptors (Lipinski definition) is 6. The van der Waals surface area contributed by atoms with Crippen molar-refractivity contribution in [3.63, 3.8) is 0 Å². The van der Waals surface area contributed by atoms with Gasteiger partial charge in [0.15, 0.2) is 11.0 Å². The number of carboxylic acid groups (broad SMARTS) is 1. The quantitative estimate of drug-likeness (QED) is 0.714. The van der Waals surface area contributed by atoms with Crippen LogP contribution in [0.1, 0.15) is 24.7 Å². The van der Waals surface area contributed by atoms with Crippen LogP contribution in [0.25, 0.3) is 0 Å². The highest BCUT2D eigenvalue weighted by Gasteiger charge is 2.26. The minimum absolute atomic E-state index is 0.390. The molecule has 1 aromatic rings. The van der Waals surface area contributed by atoms with Crippen LogP contribution in [-0.2, 0) is 11.8 Å². The van der Waals surface area contributed by atoms with Gasteiger partial charge < -0.3 is 19.7 Å². The number of rotatable bonds is 7. The minimum atomic E-state index is -1.04. The number of aromatic nitrogens is 3. The summed E-state index contributed by atoms with van der Waals surface area (Å²) in [7, 11) is 1.90. The van der Waals surface area contributed by atoms with Gasteiger partial charge in [0.2, 0.25) is 0 Å². The molecule has 2 heterocycles. The van der Waals surface area contributed by atoms with Crippen molar-refractivity contribution < 1.29 is 14.6 Å². The summed E-state index contributed by atoms with van der Waals surface area (Å²) in [5.41, 5.74) is 0. The summed E-state index contributed by atoms with van der Waals surface area (Å²) in [5, 5.41) is 21.0. The van der Waals surface area contributed by atoms with Crippen LogP contribution in [0.4, 0.5) is 4.79 Å². The van der Waals surface area contributed by atoms with Gasteiger partial charge in [-0.1, -0.05) is 11.8 Å². The van der Waals surface area contributed by atoms with Crippen LogP contribution in [0.15, 0.2) is 5.16 Å². The van der Waals surface area contributed by atoms with E-state index in [4.69, 9.17) is 9.84 Å². The lowest BCUT2D eigenvalue weighted by molar-refractivity contribution is 0.0329. The molecule has 1 saturated carbocycles. The smallest absolute Gasteiger partial charge is 0.405 e. The Hall–Kier alpha value is -1.32. The van der Waals surface area contributed by atoms with Crippen LogP contribution in [0.2, 0.25) is 0 Å². The van der Waals surface area contributed by atoms with Crippen molar-refractivity contribution in [2.24, 2.45) is 13.0 Å². The highest BCUT2D eigenvalue weighted by molar-refractivity contribution is 7.99.